The van der Waals surface area contributed by atoms with Crippen LogP contribution in [-0.2, 0) is 12.4 Å². The minimum absolute atomic E-state index is 0.0300. The summed E-state index contributed by atoms with van der Waals surface area (Å²) in [5.74, 6) is 0. The van der Waals surface area contributed by atoms with Gasteiger partial charge in [-0.05, 0) is 30.3 Å². The highest BCUT2D eigenvalue weighted by Gasteiger charge is 2.37. The average Bonchev–Trinajstić information content (AvgIpc) is 3.09. The number of nitrogens with one attached hydrogen (secondary N) is 1. The number of benzene rings is 1. The molecule has 0 radical (unpaired) electrons. The Morgan fingerprint density at radius 3 is 2.00 bits per heavy atom. The molecule has 2 aromatic heterocycles. The lowest BCUT2D eigenvalue weighted by Gasteiger charge is -2.14. The Bertz CT molecular complexity index is 997. The van der Waals surface area contributed by atoms with E-state index in [0.29, 0.717) is 12.1 Å². The van der Waals surface area contributed by atoms with Crippen LogP contribution in [-0.4, -0.2) is 20.4 Å². The van der Waals surface area contributed by atoms with Crippen LogP contribution in [0, 0.1) is 11.3 Å². The zero-order valence-electron chi connectivity index (χ0n) is 13.0. The molecule has 0 aliphatic heterocycles. The molecule has 0 amide bonds. The molecule has 0 atom stereocenters. The summed E-state index contributed by atoms with van der Waals surface area (Å²) in [6.07, 6.45) is -9.93. The molecule has 138 valence electrons. The van der Waals surface area contributed by atoms with Crippen LogP contribution in [0.5, 0.6) is 0 Å². The van der Waals surface area contributed by atoms with Gasteiger partial charge in [0.1, 0.15) is 11.8 Å². The molecule has 3 aromatic rings. The standard InChI is InChI=1S/C16H7F6N5/c17-15(18,19)9-4-8(5-10(6-9)16(20,21)22)11-2-1-3-12(24-11)14-13(7-23)25-27-26-14/h1-6H,(H,25,26,27). The first-order valence-electron chi connectivity index (χ1n) is 7.18. The van der Waals surface area contributed by atoms with Gasteiger partial charge >= 0.3 is 12.4 Å². The largest absolute Gasteiger partial charge is 0.416 e. The van der Waals surface area contributed by atoms with Gasteiger partial charge in [0.15, 0.2) is 5.69 Å². The molecule has 1 N–H and O–H groups in total. The Labute approximate surface area is 147 Å². The van der Waals surface area contributed by atoms with Gasteiger partial charge in [0.05, 0.1) is 22.5 Å². The van der Waals surface area contributed by atoms with E-state index in [2.05, 4.69) is 20.4 Å². The molecular weight excluding hydrogens is 376 g/mol. The van der Waals surface area contributed by atoms with E-state index in [1.165, 1.54) is 18.2 Å². The van der Waals surface area contributed by atoms with Crippen molar-refractivity contribution in [3.05, 3.63) is 53.2 Å². The number of H-pyrrole nitrogens is 1. The molecule has 0 saturated carbocycles. The van der Waals surface area contributed by atoms with Crippen molar-refractivity contribution in [2.45, 2.75) is 12.4 Å². The molecule has 2 heterocycles. The molecule has 0 saturated heterocycles. The van der Waals surface area contributed by atoms with Gasteiger partial charge in [-0.25, -0.2) is 4.98 Å². The molecule has 11 heteroatoms. The summed E-state index contributed by atoms with van der Waals surface area (Å²) in [5, 5.41) is 18.5. The topological polar surface area (TPSA) is 78.2 Å². The summed E-state index contributed by atoms with van der Waals surface area (Å²) in [4.78, 5) is 4.03. The second-order valence-corrected chi connectivity index (χ2v) is 5.34. The van der Waals surface area contributed by atoms with Crippen molar-refractivity contribution in [3.63, 3.8) is 0 Å². The van der Waals surface area contributed by atoms with Crippen LogP contribution >= 0.6 is 0 Å². The van der Waals surface area contributed by atoms with E-state index < -0.39 is 23.5 Å². The Hall–Kier alpha value is -3.42. The highest BCUT2D eigenvalue weighted by atomic mass is 19.4. The monoisotopic (exact) mass is 383 g/mol. The predicted molar refractivity (Wildman–Crippen MR) is 79.8 cm³/mol. The van der Waals surface area contributed by atoms with Gasteiger partial charge < -0.3 is 0 Å². The van der Waals surface area contributed by atoms with E-state index in [1.54, 1.807) is 6.07 Å². The van der Waals surface area contributed by atoms with E-state index >= 15 is 0 Å². The van der Waals surface area contributed by atoms with Gasteiger partial charge in [0.25, 0.3) is 0 Å². The van der Waals surface area contributed by atoms with Crippen LogP contribution in [0.15, 0.2) is 36.4 Å². The first-order chi connectivity index (χ1) is 12.6. The van der Waals surface area contributed by atoms with Crippen LogP contribution < -0.4 is 0 Å². The minimum Gasteiger partial charge on any atom is -0.246 e. The van der Waals surface area contributed by atoms with E-state index in [4.69, 9.17) is 5.26 Å². The molecule has 0 bridgehead atoms. The Balaban J connectivity index is 2.17. The molecule has 0 aliphatic carbocycles. The van der Waals surface area contributed by atoms with Crippen LogP contribution in [0.25, 0.3) is 22.6 Å². The Morgan fingerprint density at radius 2 is 1.44 bits per heavy atom. The lowest BCUT2D eigenvalue weighted by Crippen LogP contribution is -2.11. The molecule has 0 unspecified atom stereocenters. The van der Waals surface area contributed by atoms with Crippen molar-refractivity contribution in [3.8, 4) is 28.7 Å². The summed E-state index contributed by atoms with van der Waals surface area (Å²) >= 11 is 0. The van der Waals surface area contributed by atoms with Crippen molar-refractivity contribution >= 4 is 0 Å². The number of hydrogen-bond donors (Lipinski definition) is 1. The number of pyridine rings is 1. The van der Waals surface area contributed by atoms with Gasteiger partial charge in [0.2, 0.25) is 0 Å². The van der Waals surface area contributed by atoms with Crippen molar-refractivity contribution in [2.24, 2.45) is 0 Å². The third-order valence-corrected chi connectivity index (χ3v) is 3.53. The van der Waals surface area contributed by atoms with Gasteiger partial charge in [-0.15, -0.1) is 5.10 Å². The van der Waals surface area contributed by atoms with Crippen LogP contribution in [0.1, 0.15) is 16.8 Å². The van der Waals surface area contributed by atoms with Crippen LogP contribution in [0.2, 0.25) is 0 Å². The Morgan fingerprint density at radius 1 is 0.852 bits per heavy atom. The van der Waals surface area contributed by atoms with Gasteiger partial charge in [-0.2, -0.15) is 41.9 Å². The van der Waals surface area contributed by atoms with Crippen molar-refractivity contribution in [1.29, 1.82) is 5.26 Å². The quantitative estimate of drug-likeness (QED) is 0.664. The van der Waals surface area contributed by atoms with Crippen molar-refractivity contribution in [2.75, 3.05) is 0 Å². The summed E-state index contributed by atoms with van der Waals surface area (Å²) < 4.78 is 78.0. The van der Waals surface area contributed by atoms with Crippen LogP contribution in [0.3, 0.4) is 0 Å². The fraction of sp³-hybridized carbons (Fsp3) is 0.125. The fourth-order valence-corrected chi connectivity index (χ4v) is 2.32. The molecule has 3 rings (SSSR count). The summed E-state index contributed by atoms with van der Waals surface area (Å²) in [6.45, 7) is 0. The molecule has 0 aliphatic rings. The Kier molecular flexibility index (Phi) is 4.35. The van der Waals surface area contributed by atoms with Crippen molar-refractivity contribution in [1.82, 2.24) is 20.4 Å². The number of nitriles is 1. The number of aromatic amines is 1. The first-order valence-corrected chi connectivity index (χ1v) is 7.18. The van der Waals surface area contributed by atoms with E-state index in [9.17, 15) is 26.3 Å². The predicted octanol–water partition coefficient (Wildman–Crippen LogP) is 4.44. The van der Waals surface area contributed by atoms with E-state index in [0.717, 1.165) is 0 Å². The maximum Gasteiger partial charge on any atom is 0.416 e. The third kappa shape index (κ3) is 3.74. The smallest absolute Gasteiger partial charge is 0.246 e. The SMILES string of the molecule is N#Cc1n[nH]nc1-c1cccc(-c2cc(C(F)(F)F)cc(C(F)(F)F)c2)n1. The summed E-state index contributed by atoms with van der Waals surface area (Å²) in [5.41, 5.74) is -3.42. The van der Waals surface area contributed by atoms with Gasteiger partial charge in [-0.1, -0.05) is 6.07 Å². The average molecular weight is 383 g/mol. The molecule has 0 spiro atoms. The van der Waals surface area contributed by atoms with E-state index in [-0.39, 0.29) is 34.4 Å². The second-order valence-electron chi connectivity index (χ2n) is 5.34. The lowest BCUT2D eigenvalue weighted by molar-refractivity contribution is -0.143. The van der Waals surface area contributed by atoms with Gasteiger partial charge in [0, 0.05) is 5.56 Å². The second kappa shape index (κ2) is 6.39. The molecule has 0 fully saturated rings. The maximum atomic E-state index is 13.0. The number of nitrogens with zero attached hydrogens (tertiary/aromatic N) is 4. The number of halogens is 6. The number of aromatic nitrogens is 4. The molecular formula is C16H7F6N5. The summed E-state index contributed by atoms with van der Waals surface area (Å²) in [7, 11) is 0. The highest BCUT2D eigenvalue weighted by molar-refractivity contribution is 5.67. The number of rotatable bonds is 2. The molecule has 5 nitrogen and oxygen atoms in total. The molecule has 1 aromatic carbocycles. The highest BCUT2D eigenvalue weighted by Crippen LogP contribution is 2.38. The minimum atomic E-state index is -4.96. The molecule has 27 heavy (non-hydrogen) atoms. The van der Waals surface area contributed by atoms with Crippen molar-refractivity contribution < 1.29 is 26.3 Å². The lowest BCUT2D eigenvalue weighted by atomic mass is 10.0. The zero-order valence-corrected chi connectivity index (χ0v) is 13.0. The summed E-state index contributed by atoms with van der Waals surface area (Å²) in [6, 6.07) is 6.98. The normalized spacial score (nSPS) is 12.0. The zero-order chi connectivity index (χ0) is 19.8. The van der Waals surface area contributed by atoms with E-state index in [1.807, 2.05) is 0 Å². The maximum absolute atomic E-state index is 13.0. The van der Waals surface area contributed by atoms with Gasteiger partial charge in [-0.3, -0.25) is 0 Å². The first kappa shape index (κ1) is 18.4. The van der Waals surface area contributed by atoms with Crippen LogP contribution in [0.4, 0.5) is 26.3 Å². The number of hydrogen-bond acceptors (Lipinski definition) is 4. The fourth-order valence-electron chi connectivity index (χ4n) is 2.32. The third-order valence-electron chi connectivity index (χ3n) is 3.53. The number of alkyl halides is 6.